The molecular formula is C21H17N5O4. The summed E-state index contributed by atoms with van der Waals surface area (Å²) in [6.45, 7) is 2.44. The van der Waals surface area contributed by atoms with Crippen LogP contribution in [0.5, 0.6) is 17.4 Å². The molecule has 0 unspecified atom stereocenters. The Labute approximate surface area is 171 Å². The van der Waals surface area contributed by atoms with Crippen molar-refractivity contribution in [2.45, 2.75) is 6.92 Å². The highest BCUT2D eigenvalue weighted by atomic mass is 16.6. The van der Waals surface area contributed by atoms with Gasteiger partial charge in [0.25, 0.3) is 0 Å². The number of para-hydroxylation sites is 1. The molecule has 0 spiro atoms. The molecule has 2 heterocycles. The fourth-order valence-electron chi connectivity index (χ4n) is 2.89. The average Bonchev–Trinajstić information content (AvgIpc) is 2.75. The van der Waals surface area contributed by atoms with Crippen LogP contribution in [0.15, 0.2) is 67.1 Å². The summed E-state index contributed by atoms with van der Waals surface area (Å²) in [5.74, 6) is 0.901. The van der Waals surface area contributed by atoms with Crippen molar-refractivity contribution in [2.75, 3.05) is 11.9 Å². The van der Waals surface area contributed by atoms with Crippen LogP contribution in [0.4, 0.5) is 17.2 Å². The zero-order valence-electron chi connectivity index (χ0n) is 16.0. The van der Waals surface area contributed by atoms with Gasteiger partial charge in [0.05, 0.1) is 11.5 Å². The lowest BCUT2D eigenvalue weighted by atomic mass is 10.2. The SMILES string of the molecule is CCOc1ccc(Nc2ncnc(Oc3cccc4cccnc34)c2[N+](=O)[O-])cc1. The molecule has 150 valence electrons. The number of nitrogens with zero attached hydrogens (tertiary/aromatic N) is 4. The summed E-state index contributed by atoms with van der Waals surface area (Å²) in [6.07, 6.45) is 2.83. The zero-order valence-corrected chi connectivity index (χ0v) is 16.0. The number of aromatic nitrogens is 3. The van der Waals surface area contributed by atoms with E-state index in [1.165, 1.54) is 6.33 Å². The van der Waals surface area contributed by atoms with E-state index in [0.717, 1.165) is 5.39 Å². The minimum atomic E-state index is -0.579. The number of pyridine rings is 1. The summed E-state index contributed by atoms with van der Waals surface area (Å²) in [6, 6.07) is 16.0. The van der Waals surface area contributed by atoms with E-state index in [1.54, 1.807) is 48.7 Å². The smallest absolute Gasteiger partial charge is 0.373 e. The quantitative estimate of drug-likeness (QED) is 0.344. The van der Waals surface area contributed by atoms with Crippen LogP contribution in [0.1, 0.15) is 6.92 Å². The standard InChI is InChI=1S/C21H17N5O4/c1-2-29-16-10-8-15(9-11-16)25-20-19(26(27)28)21(24-13-23-20)30-17-7-3-5-14-6-4-12-22-18(14)17/h3-13H,2H2,1H3,(H,23,24,25). The molecule has 2 aromatic carbocycles. The lowest BCUT2D eigenvalue weighted by Gasteiger charge is -2.11. The summed E-state index contributed by atoms with van der Waals surface area (Å²) in [5, 5.41) is 15.6. The van der Waals surface area contributed by atoms with Gasteiger partial charge in [0, 0.05) is 17.3 Å². The summed E-state index contributed by atoms with van der Waals surface area (Å²) in [4.78, 5) is 23.5. The molecule has 0 aliphatic rings. The molecule has 30 heavy (non-hydrogen) atoms. The molecule has 0 aliphatic carbocycles. The predicted molar refractivity (Wildman–Crippen MR) is 111 cm³/mol. The van der Waals surface area contributed by atoms with E-state index in [2.05, 4.69) is 20.3 Å². The van der Waals surface area contributed by atoms with Crippen molar-refractivity contribution in [3.63, 3.8) is 0 Å². The van der Waals surface area contributed by atoms with E-state index in [-0.39, 0.29) is 17.4 Å². The minimum absolute atomic E-state index is 0.0161. The van der Waals surface area contributed by atoms with Gasteiger partial charge < -0.3 is 14.8 Å². The highest BCUT2D eigenvalue weighted by Gasteiger charge is 2.26. The van der Waals surface area contributed by atoms with Crippen LogP contribution in [0, 0.1) is 10.1 Å². The van der Waals surface area contributed by atoms with Gasteiger partial charge in [-0.05, 0) is 43.3 Å². The lowest BCUT2D eigenvalue weighted by Crippen LogP contribution is -2.04. The molecule has 0 fully saturated rings. The number of nitro groups is 1. The molecule has 4 aromatic rings. The topological polar surface area (TPSA) is 112 Å². The molecule has 0 aliphatic heterocycles. The van der Waals surface area contributed by atoms with Crippen molar-refractivity contribution in [1.82, 2.24) is 15.0 Å². The molecule has 9 nitrogen and oxygen atoms in total. The Bertz CT molecular complexity index is 1190. The van der Waals surface area contributed by atoms with Crippen molar-refractivity contribution in [3.8, 4) is 17.4 Å². The third-order valence-electron chi connectivity index (χ3n) is 4.20. The fourth-order valence-corrected chi connectivity index (χ4v) is 2.89. The number of hydrogen-bond acceptors (Lipinski definition) is 8. The van der Waals surface area contributed by atoms with Crippen molar-refractivity contribution in [1.29, 1.82) is 0 Å². The van der Waals surface area contributed by atoms with Gasteiger partial charge >= 0.3 is 11.6 Å². The van der Waals surface area contributed by atoms with Crippen LogP contribution >= 0.6 is 0 Å². The summed E-state index contributed by atoms with van der Waals surface area (Å²) >= 11 is 0. The second-order valence-electron chi connectivity index (χ2n) is 6.15. The first-order chi connectivity index (χ1) is 14.7. The molecule has 9 heteroatoms. The Morgan fingerprint density at radius 1 is 1.03 bits per heavy atom. The van der Waals surface area contributed by atoms with E-state index < -0.39 is 4.92 Å². The predicted octanol–water partition coefficient (Wildman–Crippen LogP) is 4.87. The van der Waals surface area contributed by atoms with E-state index in [0.29, 0.717) is 29.3 Å². The first kappa shape index (κ1) is 19.1. The third-order valence-corrected chi connectivity index (χ3v) is 4.20. The van der Waals surface area contributed by atoms with Gasteiger partial charge in [-0.15, -0.1) is 0 Å². The molecule has 0 radical (unpaired) electrons. The van der Waals surface area contributed by atoms with Gasteiger partial charge in [0.2, 0.25) is 5.82 Å². The van der Waals surface area contributed by atoms with Crippen LogP contribution in [0.2, 0.25) is 0 Å². The molecule has 4 rings (SSSR count). The lowest BCUT2D eigenvalue weighted by molar-refractivity contribution is -0.385. The van der Waals surface area contributed by atoms with Gasteiger partial charge in [-0.2, -0.15) is 4.98 Å². The fraction of sp³-hybridized carbons (Fsp3) is 0.0952. The van der Waals surface area contributed by atoms with Crippen LogP contribution in [-0.2, 0) is 0 Å². The number of ether oxygens (including phenoxy) is 2. The van der Waals surface area contributed by atoms with E-state index in [4.69, 9.17) is 9.47 Å². The average molecular weight is 403 g/mol. The first-order valence-electron chi connectivity index (χ1n) is 9.16. The Morgan fingerprint density at radius 3 is 2.60 bits per heavy atom. The maximum Gasteiger partial charge on any atom is 0.373 e. The summed E-state index contributed by atoms with van der Waals surface area (Å²) in [5.41, 5.74) is 0.811. The normalized spacial score (nSPS) is 10.6. The Morgan fingerprint density at radius 2 is 1.83 bits per heavy atom. The van der Waals surface area contributed by atoms with Gasteiger partial charge in [0.15, 0.2) is 5.75 Å². The maximum absolute atomic E-state index is 11.8. The van der Waals surface area contributed by atoms with Crippen molar-refractivity contribution < 1.29 is 14.4 Å². The summed E-state index contributed by atoms with van der Waals surface area (Å²) in [7, 11) is 0. The molecule has 1 N–H and O–H groups in total. The van der Waals surface area contributed by atoms with Crippen molar-refractivity contribution in [2.24, 2.45) is 0 Å². The molecular weight excluding hydrogens is 386 g/mol. The highest BCUT2D eigenvalue weighted by molar-refractivity contribution is 5.84. The van der Waals surface area contributed by atoms with Crippen LogP contribution in [0.25, 0.3) is 10.9 Å². The largest absolute Gasteiger partial charge is 0.494 e. The van der Waals surface area contributed by atoms with E-state index >= 15 is 0 Å². The minimum Gasteiger partial charge on any atom is -0.494 e. The Balaban J connectivity index is 1.68. The number of anilines is 2. The Hall–Kier alpha value is -4.27. The van der Waals surface area contributed by atoms with Crippen molar-refractivity contribution >= 4 is 28.1 Å². The van der Waals surface area contributed by atoms with Crippen molar-refractivity contribution in [3.05, 3.63) is 77.2 Å². The second kappa shape index (κ2) is 8.39. The van der Waals surface area contributed by atoms with Gasteiger partial charge in [-0.25, -0.2) is 4.98 Å². The molecule has 2 aromatic heterocycles. The molecule has 0 saturated carbocycles. The van der Waals surface area contributed by atoms with E-state index in [9.17, 15) is 10.1 Å². The number of hydrogen-bond donors (Lipinski definition) is 1. The van der Waals surface area contributed by atoms with Crippen LogP contribution in [0.3, 0.4) is 0 Å². The van der Waals surface area contributed by atoms with E-state index in [1.807, 2.05) is 19.1 Å². The van der Waals surface area contributed by atoms with Gasteiger partial charge in [-0.3, -0.25) is 15.1 Å². The number of rotatable bonds is 7. The van der Waals surface area contributed by atoms with Gasteiger partial charge in [0.1, 0.15) is 17.6 Å². The monoisotopic (exact) mass is 403 g/mol. The Kier molecular flexibility index (Phi) is 5.33. The van der Waals surface area contributed by atoms with Crippen LogP contribution < -0.4 is 14.8 Å². The number of fused-ring (bicyclic) bond motifs is 1. The first-order valence-corrected chi connectivity index (χ1v) is 9.16. The summed E-state index contributed by atoms with van der Waals surface area (Å²) < 4.78 is 11.2. The van der Waals surface area contributed by atoms with Crippen LogP contribution in [-0.4, -0.2) is 26.5 Å². The third kappa shape index (κ3) is 3.95. The highest BCUT2D eigenvalue weighted by Crippen LogP contribution is 2.37. The number of nitrogens with one attached hydrogen (secondary N) is 1. The molecule has 0 bridgehead atoms. The second-order valence-corrected chi connectivity index (χ2v) is 6.15. The maximum atomic E-state index is 11.8. The molecule has 0 amide bonds. The zero-order chi connectivity index (χ0) is 20.9. The molecule has 0 saturated heterocycles. The van der Waals surface area contributed by atoms with Gasteiger partial charge in [-0.1, -0.05) is 18.2 Å². The number of benzene rings is 2. The molecule has 0 atom stereocenters.